The zero-order valence-electron chi connectivity index (χ0n) is 17.1. The lowest BCUT2D eigenvalue weighted by atomic mass is 9.77. The molecule has 2 aliphatic rings. The fourth-order valence-corrected chi connectivity index (χ4v) is 4.93. The number of amides is 1. The Morgan fingerprint density at radius 3 is 2.10 bits per heavy atom. The van der Waals surface area contributed by atoms with Crippen molar-refractivity contribution in [2.45, 2.75) is 49.5 Å². The average molecular weight is 415 g/mol. The quantitative estimate of drug-likeness (QED) is 0.730. The number of halogens is 2. The van der Waals surface area contributed by atoms with Crippen LogP contribution in [-0.4, -0.2) is 47.8 Å². The van der Waals surface area contributed by atoms with Crippen LogP contribution in [0.4, 0.5) is 13.6 Å². The molecule has 0 aromatic heterocycles. The maximum Gasteiger partial charge on any atom is 0.409 e. The van der Waals surface area contributed by atoms with Crippen LogP contribution in [0.25, 0.3) is 11.1 Å². The summed E-state index contributed by atoms with van der Waals surface area (Å²) in [6.07, 6.45) is -0.524. The first kappa shape index (κ1) is 20.8. The lowest BCUT2D eigenvalue weighted by Gasteiger charge is -2.45. The average Bonchev–Trinajstić information content (AvgIpc) is 3.07. The molecule has 0 unspecified atom stereocenters. The monoisotopic (exact) mass is 415 g/mol. The van der Waals surface area contributed by atoms with E-state index in [-0.39, 0.29) is 51.2 Å². The second-order valence-corrected chi connectivity index (χ2v) is 8.42. The van der Waals surface area contributed by atoms with Crippen LogP contribution in [0.1, 0.15) is 49.1 Å². The van der Waals surface area contributed by atoms with E-state index in [1.54, 1.807) is 7.05 Å². The van der Waals surface area contributed by atoms with Gasteiger partial charge in [-0.3, -0.25) is 0 Å². The second-order valence-electron chi connectivity index (χ2n) is 8.42. The molecule has 1 saturated carbocycles. The van der Waals surface area contributed by atoms with E-state index in [1.807, 2.05) is 36.4 Å². The molecule has 0 saturated heterocycles. The summed E-state index contributed by atoms with van der Waals surface area (Å²) >= 11 is 0. The molecule has 4 rings (SSSR count). The van der Waals surface area contributed by atoms with Crippen LogP contribution < -0.4 is 0 Å². The number of benzene rings is 2. The van der Waals surface area contributed by atoms with E-state index in [2.05, 4.69) is 12.1 Å². The highest BCUT2D eigenvalue weighted by molar-refractivity contribution is 5.79. The van der Waals surface area contributed by atoms with Gasteiger partial charge in [-0.25, -0.2) is 13.6 Å². The van der Waals surface area contributed by atoms with Gasteiger partial charge in [0, 0.05) is 38.0 Å². The van der Waals surface area contributed by atoms with E-state index in [0.717, 1.165) is 22.3 Å². The first-order valence-electron chi connectivity index (χ1n) is 10.4. The van der Waals surface area contributed by atoms with Crippen molar-refractivity contribution in [3.05, 3.63) is 59.7 Å². The minimum atomic E-state index is -2.71. The molecule has 0 spiro atoms. The van der Waals surface area contributed by atoms with Crippen LogP contribution in [-0.2, 0) is 4.74 Å². The van der Waals surface area contributed by atoms with Gasteiger partial charge in [0.2, 0.25) is 5.92 Å². The normalized spacial score (nSPS) is 19.1. The summed E-state index contributed by atoms with van der Waals surface area (Å²) < 4.78 is 33.1. The zero-order valence-corrected chi connectivity index (χ0v) is 17.1. The number of fused-ring (bicyclic) bond motifs is 3. The lowest BCUT2D eigenvalue weighted by molar-refractivity contribution is -0.0798. The Morgan fingerprint density at radius 2 is 1.57 bits per heavy atom. The van der Waals surface area contributed by atoms with Gasteiger partial charge in [0.25, 0.3) is 0 Å². The first-order valence-corrected chi connectivity index (χ1v) is 10.4. The van der Waals surface area contributed by atoms with E-state index < -0.39 is 17.6 Å². The Balaban J connectivity index is 1.49. The molecule has 1 fully saturated rings. The van der Waals surface area contributed by atoms with Gasteiger partial charge < -0.3 is 14.7 Å². The number of aliphatic hydroxyl groups is 1. The Labute approximate surface area is 175 Å². The smallest absolute Gasteiger partial charge is 0.409 e. The topological polar surface area (TPSA) is 49.8 Å². The molecule has 0 heterocycles. The zero-order chi connectivity index (χ0) is 21.4. The van der Waals surface area contributed by atoms with Gasteiger partial charge in [0.15, 0.2) is 0 Å². The minimum absolute atomic E-state index is 0.0563. The Hall–Kier alpha value is -2.47. The van der Waals surface area contributed by atoms with E-state index in [4.69, 9.17) is 4.74 Å². The number of alkyl halides is 2. The van der Waals surface area contributed by atoms with E-state index >= 15 is 0 Å². The molecule has 1 N–H and O–H groups in total. The molecular formula is C24H27F2NO3. The largest absolute Gasteiger partial charge is 0.448 e. The molecular weight excluding hydrogens is 388 g/mol. The molecule has 30 heavy (non-hydrogen) atoms. The predicted octanol–water partition coefficient (Wildman–Crippen LogP) is 5.20. The third-order valence-electron chi connectivity index (χ3n) is 6.81. The van der Waals surface area contributed by atoms with Gasteiger partial charge in [-0.05, 0) is 41.5 Å². The molecule has 0 bridgehead atoms. The fourth-order valence-electron chi connectivity index (χ4n) is 4.93. The Kier molecular flexibility index (Phi) is 5.53. The number of carbonyl (C=O) groups is 1. The number of hydrogen-bond donors (Lipinski definition) is 1. The van der Waals surface area contributed by atoms with Gasteiger partial charge in [0.05, 0.1) is 0 Å². The van der Waals surface area contributed by atoms with Crippen molar-refractivity contribution in [1.82, 2.24) is 4.90 Å². The van der Waals surface area contributed by atoms with Crippen molar-refractivity contribution in [2.75, 3.05) is 20.3 Å². The van der Waals surface area contributed by atoms with Crippen LogP contribution in [0.5, 0.6) is 0 Å². The van der Waals surface area contributed by atoms with E-state index in [9.17, 15) is 18.7 Å². The number of carbonyl (C=O) groups excluding carboxylic acids is 1. The molecule has 0 aliphatic heterocycles. The molecule has 0 radical (unpaired) electrons. The van der Waals surface area contributed by atoms with Crippen molar-refractivity contribution in [3.8, 4) is 11.1 Å². The molecule has 2 aliphatic carbocycles. The summed E-state index contributed by atoms with van der Waals surface area (Å²) in [5, 5.41) is 9.50. The summed E-state index contributed by atoms with van der Waals surface area (Å²) in [4.78, 5) is 14.3. The first-order chi connectivity index (χ1) is 14.4. The van der Waals surface area contributed by atoms with Crippen molar-refractivity contribution >= 4 is 6.09 Å². The van der Waals surface area contributed by atoms with Gasteiger partial charge in [-0.2, -0.15) is 0 Å². The van der Waals surface area contributed by atoms with Crippen LogP contribution in [0.15, 0.2) is 48.5 Å². The summed E-state index contributed by atoms with van der Waals surface area (Å²) in [5.74, 6) is -2.76. The van der Waals surface area contributed by atoms with Crippen LogP contribution in [0.3, 0.4) is 0 Å². The van der Waals surface area contributed by atoms with Gasteiger partial charge >= 0.3 is 6.09 Å². The van der Waals surface area contributed by atoms with Gasteiger partial charge in [-0.15, -0.1) is 0 Å². The third-order valence-corrected chi connectivity index (χ3v) is 6.81. The molecule has 1 amide bonds. The van der Waals surface area contributed by atoms with Crippen LogP contribution in [0.2, 0.25) is 0 Å². The van der Waals surface area contributed by atoms with E-state index in [1.165, 1.54) is 4.90 Å². The second kappa shape index (κ2) is 7.99. The Bertz CT molecular complexity index is 875. The van der Waals surface area contributed by atoms with Crippen LogP contribution >= 0.6 is 0 Å². The number of hydrogen-bond acceptors (Lipinski definition) is 3. The molecule has 2 aromatic rings. The van der Waals surface area contributed by atoms with Crippen molar-refractivity contribution in [3.63, 3.8) is 0 Å². The van der Waals surface area contributed by atoms with Crippen molar-refractivity contribution in [2.24, 2.45) is 0 Å². The minimum Gasteiger partial charge on any atom is -0.448 e. The van der Waals surface area contributed by atoms with Gasteiger partial charge in [0.1, 0.15) is 6.61 Å². The summed E-state index contributed by atoms with van der Waals surface area (Å²) in [7, 11) is 1.60. The molecule has 160 valence electrons. The highest BCUT2D eigenvalue weighted by Crippen LogP contribution is 2.45. The van der Waals surface area contributed by atoms with Crippen molar-refractivity contribution in [1.29, 1.82) is 0 Å². The Morgan fingerprint density at radius 1 is 1.03 bits per heavy atom. The lowest BCUT2D eigenvalue weighted by Crippen LogP contribution is -2.54. The van der Waals surface area contributed by atoms with Crippen LogP contribution in [0, 0.1) is 0 Å². The fraction of sp³-hybridized carbons (Fsp3) is 0.458. The molecule has 0 atom stereocenters. The van der Waals surface area contributed by atoms with Crippen molar-refractivity contribution < 1.29 is 23.4 Å². The number of nitrogens with zero attached hydrogens (tertiary/aromatic N) is 1. The highest BCUT2D eigenvalue weighted by Gasteiger charge is 2.47. The summed E-state index contributed by atoms with van der Waals surface area (Å²) in [6, 6.07) is 16.2. The summed E-state index contributed by atoms with van der Waals surface area (Å²) in [6.45, 7) is 0.0229. The maximum absolute atomic E-state index is 13.7. The van der Waals surface area contributed by atoms with E-state index in [0.29, 0.717) is 0 Å². The molecule has 6 heteroatoms. The maximum atomic E-state index is 13.7. The molecule has 4 nitrogen and oxygen atoms in total. The third kappa shape index (κ3) is 3.69. The molecule has 2 aromatic carbocycles. The van der Waals surface area contributed by atoms with Gasteiger partial charge in [-0.1, -0.05) is 48.5 Å². The highest BCUT2D eigenvalue weighted by atomic mass is 19.3. The SMILES string of the molecule is CN(C(=O)OCC1c2ccccc2-c2ccccc21)C1(CCO)CCC(F)(F)CC1. The predicted molar refractivity (Wildman–Crippen MR) is 111 cm³/mol. The number of aliphatic hydroxyl groups excluding tert-OH is 1. The number of rotatable bonds is 5. The summed E-state index contributed by atoms with van der Waals surface area (Å²) in [5.41, 5.74) is 3.74. The standard InChI is InChI=1S/C24H27F2NO3/c1-27(23(14-15-28)10-12-24(25,26)13-11-23)22(29)30-16-21-19-8-4-2-6-17(19)18-7-3-5-9-20(18)21/h2-9,21,28H,10-16H2,1H3. The number of ether oxygens (including phenoxy) is 1.